The Labute approximate surface area is 124 Å². The molecule has 0 saturated heterocycles. The number of hydrogen-bond acceptors (Lipinski definition) is 2. The highest BCUT2D eigenvalue weighted by molar-refractivity contribution is 14.1. The second-order valence-electron chi connectivity index (χ2n) is 4.75. The zero-order valence-electron chi connectivity index (χ0n) is 10.0. The molecule has 1 aromatic carbocycles. The van der Waals surface area contributed by atoms with Crippen molar-refractivity contribution in [2.24, 2.45) is 0 Å². The van der Waals surface area contributed by atoms with Gasteiger partial charge in [0.05, 0.1) is 5.56 Å². The van der Waals surface area contributed by atoms with Gasteiger partial charge in [0, 0.05) is 10.9 Å². The van der Waals surface area contributed by atoms with Crippen molar-refractivity contribution >= 4 is 44.8 Å². The molecule has 0 atom stereocenters. The molecule has 0 heterocycles. The van der Waals surface area contributed by atoms with E-state index < -0.39 is 0 Å². The van der Waals surface area contributed by atoms with Gasteiger partial charge in [-0.25, -0.2) is 0 Å². The maximum absolute atomic E-state index is 12.0. The fourth-order valence-corrected chi connectivity index (χ4v) is 2.02. The molecule has 0 aliphatic heterocycles. The van der Waals surface area contributed by atoms with E-state index in [0.29, 0.717) is 11.3 Å². The predicted molar refractivity (Wildman–Crippen MR) is 80.9 cm³/mol. The topological polar surface area (TPSA) is 38.3 Å². The molecule has 0 aromatic heterocycles. The molecule has 0 aliphatic carbocycles. The maximum atomic E-state index is 12.0. The first kappa shape index (κ1) is 14.8. The van der Waals surface area contributed by atoms with Crippen LogP contribution in [-0.4, -0.2) is 11.4 Å². The SMILES string of the molecule is CC(C)(C)NC(=O)c1ccc(CBr)cc1OI. The predicted octanol–water partition coefficient (Wildman–Crippen LogP) is 3.84. The molecule has 0 fully saturated rings. The summed E-state index contributed by atoms with van der Waals surface area (Å²) in [5.41, 5.74) is 1.37. The lowest BCUT2D eigenvalue weighted by Gasteiger charge is -2.21. The van der Waals surface area contributed by atoms with Gasteiger partial charge in [0.2, 0.25) is 0 Å². The van der Waals surface area contributed by atoms with Gasteiger partial charge in [0.1, 0.15) is 5.75 Å². The summed E-state index contributed by atoms with van der Waals surface area (Å²) >= 11 is 5.16. The molecular weight excluding hydrogens is 397 g/mol. The van der Waals surface area contributed by atoms with Crippen molar-refractivity contribution in [1.82, 2.24) is 5.32 Å². The van der Waals surface area contributed by atoms with Crippen LogP contribution in [0.1, 0.15) is 36.7 Å². The highest BCUT2D eigenvalue weighted by Crippen LogP contribution is 2.24. The van der Waals surface area contributed by atoms with E-state index in [2.05, 4.69) is 21.2 Å². The Morgan fingerprint density at radius 1 is 1.47 bits per heavy atom. The summed E-state index contributed by atoms with van der Waals surface area (Å²) in [5.74, 6) is 0.467. The van der Waals surface area contributed by atoms with Crippen molar-refractivity contribution in [1.29, 1.82) is 0 Å². The maximum Gasteiger partial charge on any atom is 0.255 e. The average Bonchev–Trinajstić information content (AvgIpc) is 2.25. The Kier molecular flexibility index (Phi) is 5.24. The van der Waals surface area contributed by atoms with Crippen molar-refractivity contribution in [3.63, 3.8) is 0 Å². The highest BCUT2D eigenvalue weighted by Gasteiger charge is 2.18. The molecule has 0 radical (unpaired) electrons. The molecule has 0 unspecified atom stereocenters. The van der Waals surface area contributed by atoms with Crippen molar-refractivity contribution in [2.75, 3.05) is 0 Å². The number of benzene rings is 1. The average molecular weight is 412 g/mol. The molecule has 5 heteroatoms. The molecule has 1 rings (SSSR count). The minimum atomic E-state index is -0.256. The van der Waals surface area contributed by atoms with Gasteiger partial charge < -0.3 is 8.38 Å². The third-order valence-electron chi connectivity index (χ3n) is 2.02. The van der Waals surface area contributed by atoms with Gasteiger partial charge in [-0.05, 0) is 38.5 Å². The summed E-state index contributed by atoms with van der Waals surface area (Å²) in [7, 11) is 0. The monoisotopic (exact) mass is 411 g/mol. The van der Waals surface area contributed by atoms with Crippen LogP contribution in [0.15, 0.2) is 18.2 Å². The Morgan fingerprint density at radius 3 is 2.59 bits per heavy atom. The number of rotatable bonds is 3. The van der Waals surface area contributed by atoms with E-state index in [1.807, 2.05) is 32.9 Å². The van der Waals surface area contributed by atoms with Gasteiger partial charge in [-0.3, -0.25) is 4.79 Å². The second kappa shape index (κ2) is 6.04. The Balaban J connectivity index is 3.01. The standard InChI is InChI=1S/C12H15BrINO2/c1-12(2,3)15-11(16)9-5-4-8(7-13)6-10(9)17-14/h4-6H,7H2,1-3H3,(H,15,16). The summed E-state index contributed by atoms with van der Waals surface area (Å²) < 4.78 is 5.21. The van der Waals surface area contributed by atoms with E-state index in [1.165, 1.54) is 0 Å². The van der Waals surface area contributed by atoms with E-state index in [1.54, 1.807) is 29.1 Å². The molecule has 94 valence electrons. The van der Waals surface area contributed by atoms with Gasteiger partial charge in [0.25, 0.3) is 5.91 Å². The number of carbonyl (C=O) groups is 1. The minimum absolute atomic E-state index is 0.120. The van der Waals surface area contributed by atoms with Crippen molar-refractivity contribution in [2.45, 2.75) is 31.6 Å². The Morgan fingerprint density at radius 2 is 2.12 bits per heavy atom. The third-order valence-corrected chi connectivity index (χ3v) is 3.14. The van der Waals surface area contributed by atoms with Gasteiger partial charge in [-0.1, -0.05) is 22.0 Å². The second-order valence-corrected chi connectivity index (χ2v) is 5.75. The Hall–Kier alpha value is -0.300. The lowest BCUT2D eigenvalue weighted by molar-refractivity contribution is 0.0918. The summed E-state index contributed by atoms with van der Waals surface area (Å²) in [6, 6.07) is 5.55. The van der Waals surface area contributed by atoms with Crippen LogP contribution in [0.3, 0.4) is 0 Å². The number of amides is 1. The smallest absolute Gasteiger partial charge is 0.255 e. The lowest BCUT2D eigenvalue weighted by atomic mass is 10.1. The molecule has 3 nitrogen and oxygen atoms in total. The van der Waals surface area contributed by atoms with E-state index in [0.717, 1.165) is 10.9 Å². The summed E-state index contributed by atoms with van der Waals surface area (Å²) in [6.07, 6.45) is 0. The molecule has 1 N–H and O–H groups in total. The quantitative estimate of drug-likeness (QED) is 0.606. The molecule has 0 aliphatic rings. The molecule has 1 aromatic rings. The van der Waals surface area contributed by atoms with Gasteiger partial charge in [0.15, 0.2) is 23.0 Å². The summed E-state index contributed by atoms with van der Waals surface area (Å²) in [5, 5.41) is 3.65. The van der Waals surface area contributed by atoms with Crippen LogP contribution >= 0.6 is 38.9 Å². The van der Waals surface area contributed by atoms with E-state index >= 15 is 0 Å². The van der Waals surface area contributed by atoms with Crippen molar-refractivity contribution in [3.8, 4) is 5.75 Å². The van der Waals surface area contributed by atoms with Gasteiger partial charge in [-0.2, -0.15) is 0 Å². The number of nitrogens with one attached hydrogen (secondary N) is 1. The van der Waals surface area contributed by atoms with Crippen LogP contribution in [-0.2, 0) is 5.33 Å². The first-order chi connectivity index (χ1) is 7.87. The highest BCUT2D eigenvalue weighted by atomic mass is 127. The van der Waals surface area contributed by atoms with Gasteiger partial charge in [-0.15, -0.1) is 0 Å². The molecule has 0 bridgehead atoms. The summed E-state index contributed by atoms with van der Waals surface area (Å²) in [6.45, 7) is 5.84. The fraction of sp³-hybridized carbons (Fsp3) is 0.417. The molecular formula is C12H15BrINO2. The van der Waals surface area contributed by atoms with Crippen LogP contribution in [0.2, 0.25) is 0 Å². The molecule has 17 heavy (non-hydrogen) atoms. The largest absolute Gasteiger partial charge is 0.427 e. The van der Waals surface area contributed by atoms with Crippen molar-refractivity contribution in [3.05, 3.63) is 29.3 Å². The zero-order valence-corrected chi connectivity index (χ0v) is 13.8. The first-order valence-corrected chi connectivity index (χ1v) is 7.17. The van der Waals surface area contributed by atoms with Crippen molar-refractivity contribution < 1.29 is 7.86 Å². The third kappa shape index (κ3) is 4.46. The minimum Gasteiger partial charge on any atom is -0.427 e. The number of hydrogen-bond donors (Lipinski definition) is 1. The summed E-state index contributed by atoms with van der Waals surface area (Å²) in [4.78, 5) is 12.0. The number of alkyl halides is 1. The van der Waals surface area contributed by atoms with Crippen LogP contribution in [0, 0.1) is 0 Å². The van der Waals surface area contributed by atoms with Crippen LogP contribution in [0.25, 0.3) is 0 Å². The Bertz CT molecular complexity index is 415. The molecule has 1 amide bonds. The first-order valence-electron chi connectivity index (χ1n) is 5.17. The lowest BCUT2D eigenvalue weighted by Crippen LogP contribution is -2.40. The van der Waals surface area contributed by atoms with Crippen LogP contribution in [0.5, 0.6) is 5.75 Å². The number of carbonyl (C=O) groups excluding carboxylic acids is 1. The van der Waals surface area contributed by atoms with Crippen LogP contribution < -0.4 is 8.38 Å². The molecule has 0 spiro atoms. The van der Waals surface area contributed by atoms with E-state index in [-0.39, 0.29) is 11.4 Å². The van der Waals surface area contributed by atoms with Gasteiger partial charge >= 0.3 is 0 Å². The van der Waals surface area contributed by atoms with Crippen LogP contribution in [0.4, 0.5) is 0 Å². The fourth-order valence-electron chi connectivity index (χ4n) is 1.31. The number of halogens is 2. The van der Waals surface area contributed by atoms with E-state index in [4.69, 9.17) is 3.07 Å². The van der Waals surface area contributed by atoms with E-state index in [9.17, 15) is 4.79 Å². The molecule has 0 saturated carbocycles. The zero-order chi connectivity index (χ0) is 13.1. The normalized spacial score (nSPS) is 11.1.